The molecule has 23 heavy (non-hydrogen) atoms. The molecule has 0 aliphatic rings. The summed E-state index contributed by atoms with van der Waals surface area (Å²) in [7, 11) is 0. The van der Waals surface area contributed by atoms with Crippen LogP contribution in [0.4, 0.5) is 5.69 Å². The number of rotatable bonds is 6. The highest BCUT2D eigenvalue weighted by Crippen LogP contribution is 2.17. The molecule has 0 aliphatic carbocycles. The largest absolute Gasteiger partial charge is 0.376 e. The molecule has 0 aliphatic heterocycles. The lowest BCUT2D eigenvalue weighted by Gasteiger charge is -2.16. The normalized spacial score (nSPS) is 11.6. The minimum Gasteiger partial charge on any atom is -0.376 e. The summed E-state index contributed by atoms with van der Waals surface area (Å²) >= 11 is 5.94. The van der Waals surface area contributed by atoms with Gasteiger partial charge >= 0.3 is 0 Å². The molecule has 0 bridgehead atoms. The molecule has 0 saturated carbocycles. The van der Waals surface area contributed by atoms with E-state index in [9.17, 15) is 9.59 Å². The first-order chi connectivity index (χ1) is 11.0. The molecular weight excluding hydrogens is 314 g/mol. The smallest absolute Gasteiger partial charge is 0.250 e. The average molecular weight is 332 g/mol. The zero-order valence-electron chi connectivity index (χ0n) is 12.7. The van der Waals surface area contributed by atoms with Crippen molar-refractivity contribution >= 4 is 29.1 Å². The number of carbonyl (C=O) groups excluding carboxylic acids is 2. The van der Waals surface area contributed by atoms with E-state index in [2.05, 4.69) is 10.6 Å². The van der Waals surface area contributed by atoms with Crippen LogP contribution in [0.15, 0.2) is 48.5 Å². The molecule has 2 rings (SSSR count). The summed E-state index contributed by atoms with van der Waals surface area (Å²) in [6.07, 6.45) is 0. The first-order valence-electron chi connectivity index (χ1n) is 7.15. The quantitative estimate of drug-likeness (QED) is 0.761. The number of primary amides is 1. The molecule has 5 nitrogen and oxygen atoms in total. The highest BCUT2D eigenvalue weighted by molar-refractivity contribution is 6.30. The molecule has 120 valence electrons. The van der Waals surface area contributed by atoms with Gasteiger partial charge in [-0.15, -0.1) is 0 Å². The Morgan fingerprint density at radius 3 is 2.61 bits per heavy atom. The predicted molar refractivity (Wildman–Crippen MR) is 91.5 cm³/mol. The van der Waals surface area contributed by atoms with E-state index in [0.29, 0.717) is 16.3 Å². The first-order valence-corrected chi connectivity index (χ1v) is 7.52. The highest BCUT2D eigenvalue weighted by atomic mass is 35.5. The first kappa shape index (κ1) is 16.8. The van der Waals surface area contributed by atoms with Gasteiger partial charge in [0.1, 0.15) is 0 Å². The van der Waals surface area contributed by atoms with Gasteiger partial charge in [0.2, 0.25) is 5.91 Å². The molecular formula is C17H18ClN3O2. The fraction of sp³-hybridized carbons (Fsp3) is 0.176. The van der Waals surface area contributed by atoms with Crippen molar-refractivity contribution in [1.29, 1.82) is 0 Å². The van der Waals surface area contributed by atoms with Crippen LogP contribution in [0.1, 0.15) is 28.9 Å². The van der Waals surface area contributed by atoms with Gasteiger partial charge in [-0.05, 0) is 36.8 Å². The molecule has 1 atom stereocenters. The van der Waals surface area contributed by atoms with Crippen molar-refractivity contribution < 1.29 is 9.59 Å². The molecule has 4 N–H and O–H groups in total. The maximum atomic E-state index is 12.0. The number of hydrogen-bond donors (Lipinski definition) is 3. The van der Waals surface area contributed by atoms with Gasteiger partial charge in [-0.1, -0.05) is 35.9 Å². The van der Waals surface area contributed by atoms with E-state index in [1.807, 2.05) is 25.1 Å². The number of nitrogens with two attached hydrogens (primary N) is 1. The zero-order valence-corrected chi connectivity index (χ0v) is 13.4. The van der Waals surface area contributed by atoms with Crippen LogP contribution in [-0.4, -0.2) is 18.4 Å². The predicted octanol–water partition coefficient (Wildman–Crippen LogP) is 2.73. The molecule has 0 radical (unpaired) electrons. The van der Waals surface area contributed by atoms with E-state index in [1.54, 1.807) is 30.3 Å². The van der Waals surface area contributed by atoms with Gasteiger partial charge in [-0.25, -0.2) is 0 Å². The SMILES string of the molecule is C[C@H](NC(=O)CNc1ccccc1C(N)=O)c1cccc(Cl)c1. The molecule has 0 saturated heterocycles. The fourth-order valence-corrected chi connectivity index (χ4v) is 2.38. The molecule has 6 heteroatoms. The van der Waals surface area contributed by atoms with Gasteiger partial charge < -0.3 is 16.4 Å². The zero-order chi connectivity index (χ0) is 16.8. The Labute approximate surface area is 139 Å². The minimum atomic E-state index is -0.541. The molecule has 2 aromatic rings. The van der Waals surface area contributed by atoms with Crippen molar-refractivity contribution in [2.75, 3.05) is 11.9 Å². The molecule has 0 unspecified atom stereocenters. The molecule has 0 aromatic heterocycles. The van der Waals surface area contributed by atoms with Crippen molar-refractivity contribution in [3.05, 3.63) is 64.7 Å². The van der Waals surface area contributed by atoms with E-state index in [4.69, 9.17) is 17.3 Å². The Hall–Kier alpha value is -2.53. The fourth-order valence-electron chi connectivity index (χ4n) is 2.18. The molecule has 0 fully saturated rings. The van der Waals surface area contributed by atoms with Crippen LogP contribution in [0.25, 0.3) is 0 Å². The van der Waals surface area contributed by atoms with Gasteiger partial charge in [0.05, 0.1) is 18.2 Å². The third-order valence-corrected chi connectivity index (χ3v) is 3.59. The number of halogens is 1. The summed E-state index contributed by atoms with van der Waals surface area (Å²) in [5.41, 5.74) is 7.10. The number of nitrogens with one attached hydrogen (secondary N) is 2. The number of hydrogen-bond acceptors (Lipinski definition) is 3. The Balaban J connectivity index is 1.94. The van der Waals surface area contributed by atoms with E-state index >= 15 is 0 Å². The average Bonchev–Trinajstić information content (AvgIpc) is 2.53. The summed E-state index contributed by atoms with van der Waals surface area (Å²) in [5, 5.41) is 6.41. The Morgan fingerprint density at radius 2 is 1.91 bits per heavy atom. The maximum Gasteiger partial charge on any atom is 0.250 e. The standard InChI is InChI=1S/C17H18ClN3O2/c1-11(12-5-4-6-13(18)9-12)21-16(22)10-20-15-8-3-2-7-14(15)17(19)23/h2-9,11,20H,10H2,1H3,(H2,19,23)(H,21,22)/t11-/m0/s1. The van der Waals surface area contributed by atoms with E-state index in [1.165, 1.54) is 0 Å². The Kier molecular flexibility index (Phi) is 5.60. The third kappa shape index (κ3) is 4.72. The molecule has 0 heterocycles. The summed E-state index contributed by atoms with van der Waals surface area (Å²) < 4.78 is 0. The van der Waals surface area contributed by atoms with E-state index < -0.39 is 5.91 Å². The number of benzene rings is 2. The second-order valence-corrected chi connectivity index (χ2v) is 5.54. The van der Waals surface area contributed by atoms with Gasteiger partial charge in [0.25, 0.3) is 5.91 Å². The van der Waals surface area contributed by atoms with Crippen molar-refractivity contribution in [2.45, 2.75) is 13.0 Å². The lowest BCUT2D eigenvalue weighted by molar-refractivity contribution is -0.120. The van der Waals surface area contributed by atoms with Crippen LogP contribution < -0.4 is 16.4 Å². The Bertz CT molecular complexity index is 718. The molecule has 0 spiro atoms. The number of para-hydroxylation sites is 1. The molecule has 2 amide bonds. The van der Waals surface area contributed by atoms with Gasteiger partial charge in [0.15, 0.2) is 0 Å². The van der Waals surface area contributed by atoms with Crippen molar-refractivity contribution in [3.63, 3.8) is 0 Å². The third-order valence-electron chi connectivity index (χ3n) is 3.36. The van der Waals surface area contributed by atoms with E-state index in [0.717, 1.165) is 5.56 Å². The minimum absolute atomic E-state index is 0.0369. The highest BCUT2D eigenvalue weighted by Gasteiger charge is 2.11. The van der Waals surface area contributed by atoms with Crippen LogP contribution in [0.5, 0.6) is 0 Å². The number of anilines is 1. The summed E-state index contributed by atoms with van der Waals surface area (Å²) in [6.45, 7) is 1.91. The number of amides is 2. The topological polar surface area (TPSA) is 84.2 Å². The van der Waals surface area contributed by atoms with Crippen LogP contribution >= 0.6 is 11.6 Å². The lowest BCUT2D eigenvalue weighted by atomic mass is 10.1. The van der Waals surface area contributed by atoms with Gasteiger partial charge in [0, 0.05) is 10.7 Å². The second kappa shape index (κ2) is 7.65. The molecule has 2 aromatic carbocycles. The second-order valence-electron chi connectivity index (χ2n) is 5.11. The van der Waals surface area contributed by atoms with Crippen LogP contribution in [0.2, 0.25) is 5.02 Å². The van der Waals surface area contributed by atoms with Crippen molar-refractivity contribution in [3.8, 4) is 0 Å². The lowest BCUT2D eigenvalue weighted by Crippen LogP contribution is -2.32. The Morgan fingerprint density at radius 1 is 1.17 bits per heavy atom. The van der Waals surface area contributed by atoms with Gasteiger partial charge in [-0.3, -0.25) is 9.59 Å². The summed E-state index contributed by atoms with van der Waals surface area (Å²) in [4.78, 5) is 23.4. The summed E-state index contributed by atoms with van der Waals surface area (Å²) in [6, 6.07) is 13.9. The van der Waals surface area contributed by atoms with Crippen LogP contribution in [0, 0.1) is 0 Å². The van der Waals surface area contributed by atoms with Crippen LogP contribution in [-0.2, 0) is 4.79 Å². The van der Waals surface area contributed by atoms with Crippen molar-refractivity contribution in [1.82, 2.24) is 5.32 Å². The maximum absolute atomic E-state index is 12.0. The van der Waals surface area contributed by atoms with Crippen molar-refractivity contribution in [2.24, 2.45) is 5.73 Å². The monoisotopic (exact) mass is 331 g/mol. The van der Waals surface area contributed by atoms with Gasteiger partial charge in [-0.2, -0.15) is 0 Å². The number of carbonyl (C=O) groups is 2. The van der Waals surface area contributed by atoms with E-state index in [-0.39, 0.29) is 18.5 Å². The van der Waals surface area contributed by atoms with Crippen LogP contribution in [0.3, 0.4) is 0 Å². The summed E-state index contributed by atoms with van der Waals surface area (Å²) in [5.74, 6) is -0.738.